The maximum absolute atomic E-state index is 12.9. The first-order valence-electron chi connectivity index (χ1n) is 10.00. The summed E-state index contributed by atoms with van der Waals surface area (Å²) >= 11 is 1.41. The molecular weight excluding hydrogens is 502 g/mol. The third kappa shape index (κ3) is 6.05. The molecule has 0 spiro atoms. The molecule has 1 unspecified atom stereocenters. The molecule has 15 heteroatoms. The molecule has 2 aromatic rings. The third-order valence-electron chi connectivity index (χ3n) is 4.65. The Morgan fingerprint density at radius 3 is 2.56 bits per heavy atom. The zero-order valence-corrected chi connectivity index (χ0v) is 20.4. The second-order valence-corrected chi connectivity index (χ2v) is 11.5. The Balaban J connectivity index is 2.25. The summed E-state index contributed by atoms with van der Waals surface area (Å²) in [7, 11) is -8.83. The van der Waals surface area contributed by atoms with Gasteiger partial charge in [-0.25, -0.2) is 31.7 Å². The highest BCUT2D eigenvalue weighted by Crippen LogP contribution is 2.36. The fourth-order valence-corrected chi connectivity index (χ4v) is 6.70. The van der Waals surface area contributed by atoms with E-state index in [1.54, 1.807) is 18.2 Å². The smallest absolute Gasteiger partial charge is 0.241 e. The summed E-state index contributed by atoms with van der Waals surface area (Å²) in [6.45, 7) is -0.275. The van der Waals surface area contributed by atoms with Crippen LogP contribution in [0.15, 0.2) is 66.3 Å². The quantitative estimate of drug-likeness (QED) is 0.246. The molecule has 0 aromatic heterocycles. The molecule has 8 N–H and O–H groups in total. The summed E-state index contributed by atoms with van der Waals surface area (Å²) in [5, 5.41) is 22.4. The number of sulfonamides is 2. The fraction of sp³-hybridized carbons (Fsp3) is 0.316. The van der Waals surface area contributed by atoms with Crippen LogP contribution in [0.5, 0.6) is 0 Å². The number of aliphatic hydroxyl groups is 1. The van der Waals surface area contributed by atoms with Crippen molar-refractivity contribution in [1.29, 1.82) is 0 Å². The Hall–Kier alpha value is -2.24. The minimum atomic E-state index is -4.56. The zero-order valence-electron chi connectivity index (χ0n) is 18.0. The number of aliphatic imine (C=N–C) groups is 1. The molecule has 1 heterocycles. The molecule has 2 aromatic carbocycles. The molecule has 0 bridgehead atoms. The number of rotatable bonds is 11. The van der Waals surface area contributed by atoms with Crippen LogP contribution in [0.25, 0.3) is 11.1 Å². The standard InChI is InChI=1S/C19H25N7O5S3/c20-6-7-25-34(30,31)16-5-4-15(12-2-1-3-14(8-12)32-10-13(21)9-27)17(18(16)33(22,28)29)19-23-11-24-26-19/h1-5,8,13,25,27H,6-7,9-11,20-21H2,(H2,22,28,29). The van der Waals surface area contributed by atoms with E-state index in [2.05, 4.69) is 19.9 Å². The van der Waals surface area contributed by atoms with Crippen LogP contribution in [0.2, 0.25) is 0 Å². The van der Waals surface area contributed by atoms with Crippen molar-refractivity contribution in [3.05, 3.63) is 42.0 Å². The monoisotopic (exact) mass is 527 g/mol. The topological polar surface area (TPSA) is 216 Å². The van der Waals surface area contributed by atoms with Crippen LogP contribution >= 0.6 is 11.8 Å². The van der Waals surface area contributed by atoms with Crippen molar-refractivity contribution in [2.45, 2.75) is 20.7 Å². The van der Waals surface area contributed by atoms with Crippen molar-refractivity contribution >= 4 is 37.6 Å². The Morgan fingerprint density at radius 1 is 1.18 bits per heavy atom. The third-order valence-corrected chi connectivity index (χ3v) is 8.46. The van der Waals surface area contributed by atoms with Gasteiger partial charge >= 0.3 is 0 Å². The number of hydrogen-bond acceptors (Lipinski definition) is 11. The highest BCUT2D eigenvalue weighted by Gasteiger charge is 2.32. The van der Waals surface area contributed by atoms with Crippen molar-refractivity contribution in [3.8, 4) is 11.1 Å². The van der Waals surface area contributed by atoms with Gasteiger partial charge in [0.1, 0.15) is 9.79 Å². The predicted molar refractivity (Wildman–Crippen MR) is 130 cm³/mol. The Bertz CT molecular complexity index is 1330. The van der Waals surface area contributed by atoms with Crippen LogP contribution in [0.3, 0.4) is 0 Å². The fourth-order valence-electron chi connectivity index (χ4n) is 3.16. The number of primary sulfonamides is 1. The maximum atomic E-state index is 12.9. The average molecular weight is 528 g/mol. The highest BCUT2D eigenvalue weighted by molar-refractivity contribution is 7.99. The second-order valence-electron chi connectivity index (χ2n) is 7.19. The number of azo groups is 1. The van der Waals surface area contributed by atoms with E-state index in [9.17, 15) is 16.8 Å². The molecule has 184 valence electrons. The molecule has 1 aliphatic rings. The van der Waals surface area contributed by atoms with Gasteiger partial charge in [0.05, 0.1) is 12.2 Å². The summed E-state index contributed by atoms with van der Waals surface area (Å²) in [6, 6.07) is 9.35. The molecule has 1 atom stereocenters. The lowest BCUT2D eigenvalue weighted by atomic mass is 9.99. The molecule has 0 fully saturated rings. The van der Waals surface area contributed by atoms with E-state index >= 15 is 0 Å². The van der Waals surface area contributed by atoms with Gasteiger partial charge in [-0.3, -0.25) is 0 Å². The molecule has 0 aliphatic carbocycles. The van der Waals surface area contributed by atoms with Crippen LogP contribution in [-0.4, -0.2) is 65.9 Å². The number of benzene rings is 2. The molecule has 0 radical (unpaired) electrons. The number of nitrogens with zero attached hydrogens (tertiary/aromatic N) is 3. The Kier molecular flexibility index (Phi) is 8.53. The van der Waals surface area contributed by atoms with E-state index in [1.807, 2.05) is 6.07 Å². The van der Waals surface area contributed by atoms with Gasteiger partial charge in [0.15, 0.2) is 12.5 Å². The summed E-state index contributed by atoms with van der Waals surface area (Å²) in [6.07, 6.45) is 0. The van der Waals surface area contributed by atoms with Crippen LogP contribution in [0, 0.1) is 0 Å². The summed E-state index contributed by atoms with van der Waals surface area (Å²) in [5.74, 6) is 0.412. The van der Waals surface area contributed by atoms with Gasteiger partial charge in [-0.15, -0.1) is 16.9 Å². The average Bonchev–Trinajstić information content (AvgIpc) is 3.34. The number of amidine groups is 1. The minimum Gasteiger partial charge on any atom is -0.395 e. The number of nitrogens with one attached hydrogen (secondary N) is 1. The first kappa shape index (κ1) is 26.4. The molecule has 0 saturated carbocycles. The number of nitrogens with two attached hydrogens (primary N) is 3. The first-order chi connectivity index (χ1) is 16.1. The van der Waals surface area contributed by atoms with Gasteiger partial charge in [-0.1, -0.05) is 18.2 Å². The molecular formula is C19H25N7O5S3. The molecule has 0 amide bonds. The van der Waals surface area contributed by atoms with Crippen LogP contribution < -0.4 is 21.3 Å². The minimum absolute atomic E-state index is 0.0141. The van der Waals surface area contributed by atoms with Crippen LogP contribution in [-0.2, 0) is 20.0 Å². The highest BCUT2D eigenvalue weighted by atomic mass is 32.2. The van der Waals surface area contributed by atoms with Gasteiger partial charge in [0.25, 0.3) is 0 Å². The van der Waals surface area contributed by atoms with Gasteiger partial charge in [0.2, 0.25) is 20.0 Å². The molecule has 0 saturated heterocycles. The second kappa shape index (κ2) is 11.0. The van der Waals surface area contributed by atoms with Crippen molar-refractivity contribution in [3.63, 3.8) is 0 Å². The number of aliphatic hydroxyl groups excluding tert-OH is 1. The van der Waals surface area contributed by atoms with E-state index in [4.69, 9.17) is 21.7 Å². The van der Waals surface area contributed by atoms with E-state index in [1.165, 1.54) is 23.9 Å². The molecule has 34 heavy (non-hydrogen) atoms. The van der Waals surface area contributed by atoms with E-state index in [0.29, 0.717) is 16.9 Å². The Morgan fingerprint density at radius 2 is 1.94 bits per heavy atom. The van der Waals surface area contributed by atoms with Crippen molar-refractivity contribution in [1.82, 2.24) is 4.72 Å². The largest absolute Gasteiger partial charge is 0.395 e. The van der Waals surface area contributed by atoms with E-state index in [0.717, 1.165) is 4.90 Å². The Labute approximate surface area is 201 Å². The molecule has 12 nitrogen and oxygen atoms in total. The van der Waals surface area contributed by atoms with Crippen molar-refractivity contribution in [2.75, 3.05) is 32.1 Å². The van der Waals surface area contributed by atoms with Gasteiger partial charge in [0, 0.05) is 29.8 Å². The van der Waals surface area contributed by atoms with Gasteiger partial charge in [-0.05, 0) is 29.3 Å². The lowest BCUT2D eigenvalue weighted by Crippen LogP contribution is -2.31. The lowest BCUT2D eigenvalue weighted by molar-refractivity contribution is 0.275. The zero-order chi connectivity index (χ0) is 24.9. The lowest BCUT2D eigenvalue weighted by Gasteiger charge is -2.17. The number of hydrogen-bond donors (Lipinski definition) is 5. The SMILES string of the molecule is NCCNS(=O)(=O)c1ccc(-c2cccc(SCC(N)CO)c2)c(C2=NCN=N2)c1S(N)(=O)=O. The predicted octanol–water partition coefficient (Wildman–Crippen LogP) is -0.180. The van der Waals surface area contributed by atoms with Gasteiger partial charge in [-0.2, -0.15) is 5.11 Å². The van der Waals surface area contributed by atoms with E-state index < -0.39 is 35.9 Å². The van der Waals surface area contributed by atoms with Crippen LogP contribution in [0.4, 0.5) is 0 Å². The van der Waals surface area contributed by atoms with Crippen molar-refractivity contribution in [2.24, 2.45) is 31.8 Å². The normalized spacial score (nSPS) is 14.9. The molecule has 3 rings (SSSR count). The van der Waals surface area contributed by atoms with E-state index in [-0.39, 0.29) is 37.8 Å². The van der Waals surface area contributed by atoms with Gasteiger partial charge < -0.3 is 16.6 Å². The summed E-state index contributed by atoms with van der Waals surface area (Å²) in [4.78, 5) is 3.76. The molecule has 1 aliphatic heterocycles. The number of thioether (sulfide) groups is 1. The maximum Gasteiger partial charge on any atom is 0.241 e. The summed E-state index contributed by atoms with van der Waals surface area (Å²) < 4.78 is 53.4. The van der Waals surface area contributed by atoms with Crippen LogP contribution in [0.1, 0.15) is 5.56 Å². The van der Waals surface area contributed by atoms with Crippen molar-refractivity contribution < 1.29 is 21.9 Å². The first-order valence-corrected chi connectivity index (χ1v) is 14.0. The summed E-state index contributed by atoms with van der Waals surface area (Å²) in [5.41, 5.74) is 12.0.